The molecule has 0 saturated heterocycles. The average Bonchev–Trinajstić information content (AvgIpc) is 0.811. The Kier molecular flexibility index (Phi) is 26.0. The third-order valence-corrected chi connectivity index (χ3v) is 0. The van der Waals surface area contributed by atoms with Crippen LogP contribution in [0.15, 0.2) is 0 Å². The Morgan fingerprint density at radius 2 is 1.50 bits per heavy atom. The standard InChI is InChI=1S/Ca.Fe.H2O3S.2H/c;;1-4(2)3;;/h;;(H2,1,2,3);;/q+2;;;2*-1. The molecule has 0 spiro atoms. The van der Waals surface area contributed by atoms with Gasteiger partial charge in [0.1, 0.15) is 0 Å². The molecule has 0 amide bonds. The Labute approximate surface area is 81.4 Å². The normalized spacial score (nSPS) is 5.83. The maximum Gasteiger partial charge on any atom is 2.00 e. The first kappa shape index (κ1) is 15.7. The predicted octanol–water partition coefficient (Wildman–Crippen LogP) is -0.477. The fourth-order valence-electron chi connectivity index (χ4n) is 0. The van der Waals surface area contributed by atoms with Crippen LogP contribution in [0, 0.1) is 0 Å². The SMILES string of the molecule is O=S(O)O.[Ca+2].[Fe].[H-].[H-]. The summed E-state index contributed by atoms with van der Waals surface area (Å²) in [6.45, 7) is 0. The molecule has 0 aromatic rings. The van der Waals surface area contributed by atoms with Crippen molar-refractivity contribution in [3.8, 4) is 0 Å². The molecule has 0 aromatic heterocycles. The van der Waals surface area contributed by atoms with Gasteiger partial charge in [0.25, 0.3) is 11.4 Å². The molecule has 38 valence electrons. The Balaban J connectivity index is -0.00000000750. The summed E-state index contributed by atoms with van der Waals surface area (Å²) in [5, 5.41) is 0. The minimum atomic E-state index is -2.61. The summed E-state index contributed by atoms with van der Waals surface area (Å²) >= 11 is -2.61. The molecule has 0 aliphatic heterocycles. The Hall–Kier alpha value is 1.85. The van der Waals surface area contributed by atoms with Crippen molar-refractivity contribution in [2.24, 2.45) is 0 Å². The number of hydrogen-bond acceptors (Lipinski definition) is 1. The Bertz CT molecular complexity index is 40.3. The van der Waals surface area contributed by atoms with E-state index in [1.54, 1.807) is 0 Å². The molecule has 0 heterocycles. The summed E-state index contributed by atoms with van der Waals surface area (Å²) < 4.78 is 22.8. The van der Waals surface area contributed by atoms with Crippen LogP contribution in [-0.4, -0.2) is 51.1 Å². The molecule has 3 nitrogen and oxygen atoms in total. The van der Waals surface area contributed by atoms with Crippen molar-refractivity contribution in [3.63, 3.8) is 0 Å². The first-order chi connectivity index (χ1) is 1.73. The van der Waals surface area contributed by atoms with Gasteiger partial charge in [-0.15, -0.1) is 0 Å². The molecule has 6 heteroatoms. The fourth-order valence-corrected chi connectivity index (χ4v) is 0. The smallest absolute Gasteiger partial charge is 1.00 e. The minimum Gasteiger partial charge on any atom is -1.00 e. The van der Waals surface area contributed by atoms with Crippen molar-refractivity contribution >= 4 is 49.1 Å². The third-order valence-electron chi connectivity index (χ3n) is 0. The molecule has 2 N–H and O–H groups in total. The van der Waals surface area contributed by atoms with E-state index in [0.29, 0.717) is 0 Å². The molecule has 0 saturated carbocycles. The maximum atomic E-state index is 8.67. The molecule has 0 atom stereocenters. The monoisotopic (exact) mass is 180 g/mol. The second-order valence-corrected chi connectivity index (χ2v) is 0.692. The molecule has 0 unspecified atom stereocenters. The van der Waals surface area contributed by atoms with Crippen LogP contribution in [0.5, 0.6) is 0 Å². The van der Waals surface area contributed by atoms with Gasteiger partial charge in [0.05, 0.1) is 0 Å². The van der Waals surface area contributed by atoms with Crippen LogP contribution >= 0.6 is 0 Å². The zero-order valence-electron chi connectivity index (χ0n) is 4.77. The molecule has 6 heavy (non-hydrogen) atoms. The molecule has 0 aromatic carbocycles. The molecule has 0 rings (SSSR count). The minimum absolute atomic E-state index is 0. The van der Waals surface area contributed by atoms with Gasteiger partial charge in [-0.2, -0.15) is 4.21 Å². The summed E-state index contributed by atoms with van der Waals surface area (Å²) in [4.78, 5) is 0. The van der Waals surface area contributed by atoms with E-state index in [1.165, 1.54) is 0 Å². The maximum absolute atomic E-state index is 8.67. The second kappa shape index (κ2) is 9.97. The Morgan fingerprint density at radius 3 is 1.50 bits per heavy atom. The van der Waals surface area contributed by atoms with Gasteiger partial charge in [0.2, 0.25) is 0 Å². The van der Waals surface area contributed by atoms with Gasteiger partial charge in [-0.1, -0.05) is 0 Å². The van der Waals surface area contributed by atoms with Gasteiger partial charge >= 0.3 is 37.7 Å². The predicted molar refractivity (Wildman–Crippen MR) is 21.4 cm³/mol. The van der Waals surface area contributed by atoms with Crippen LogP contribution < -0.4 is 0 Å². The van der Waals surface area contributed by atoms with Gasteiger partial charge < -0.3 is 2.85 Å². The largest absolute Gasteiger partial charge is 2.00 e. The summed E-state index contributed by atoms with van der Waals surface area (Å²) in [6.07, 6.45) is 0. The van der Waals surface area contributed by atoms with Gasteiger partial charge in [-0.05, 0) is 0 Å². The van der Waals surface area contributed by atoms with Gasteiger partial charge in [-0.3, -0.25) is 9.11 Å². The summed E-state index contributed by atoms with van der Waals surface area (Å²) in [6, 6.07) is 0. The van der Waals surface area contributed by atoms with Crippen LogP contribution in [0.1, 0.15) is 2.85 Å². The van der Waals surface area contributed by atoms with Crippen molar-refractivity contribution in [1.29, 1.82) is 0 Å². The van der Waals surface area contributed by atoms with Crippen LogP contribution in [0.2, 0.25) is 0 Å². The fraction of sp³-hybridized carbons (Fsp3) is 0. The summed E-state index contributed by atoms with van der Waals surface area (Å²) in [5.41, 5.74) is 0. The molecule has 0 fully saturated rings. The van der Waals surface area contributed by atoms with Crippen LogP contribution in [0.3, 0.4) is 0 Å². The first-order valence-electron chi connectivity index (χ1n) is 0.532. The number of rotatable bonds is 0. The molecule has 0 bridgehead atoms. The van der Waals surface area contributed by atoms with Crippen molar-refractivity contribution in [2.75, 3.05) is 0 Å². The average molecular weight is 180 g/mol. The van der Waals surface area contributed by atoms with Crippen molar-refractivity contribution < 1.29 is 33.2 Å². The van der Waals surface area contributed by atoms with E-state index in [2.05, 4.69) is 0 Å². The van der Waals surface area contributed by atoms with E-state index < -0.39 is 11.4 Å². The molecular formula is H4CaFeO3S. The topological polar surface area (TPSA) is 57.5 Å². The van der Waals surface area contributed by atoms with E-state index in [-0.39, 0.29) is 57.7 Å². The van der Waals surface area contributed by atoms with Crippen LogP contribution in [0.4, 0.5) is 0 Å². The van der Waals surface area contributed by atoms with Crippen molar-refractivity contribution in [1.82, 2.24) is 0 Å². The third kappa shape index (κ3) is 40.2. The molecule has 0 radical (unpaired) electrons. The van der Waals surface area contributed by atoms with E-state index >= 15 is 0 Å². The van der Waals surface area contributed by atoms with E-state index in [1.807, 2.05) is 0 Å². The summed E-state index contributed by atoms with van der Waals surface area (Å²) in [7, 11) is 0. The van der Waals surface area contributed by atoms with Gasteiger partial charge in [0.15, 0.2) is 0 Å². The quantitative estimate of drug-likeness (QED) is 0.391. The zero-order chi connectivity index (χ0) is 3.58. The van der Waals surface area contributed by atoms with E-state index in [0.717, 1.165) is 0 Å². The first-order valence-corrected chi connectivity index (χ1v) is 1.60. The van der Waals surface area contributed by atoms with E-state index in [4.69, 9.17) is 13.3 Å². The van der Waals surface area contributed by atoms with Crippen molar-refractivity contribution in [3.05, 3.63) is 0 Å². The van der Waals surface area contributed by atoms with Crippen LogP contribution in [0.25, 0.3) is 0 Å². The van der Waals surface area contributed by atoms with Gasteiger partial charge in [0, 0.05) is 17.1 Å². The second-order valence-electron chi connectivity index (χ2n) is 0.231. The molecular weight excluding hydrogens is 176 g/mol. The van der Waals surface area contributed by atoms with Crippen molar-refractivity contribution in [2.45, 2.75) is 0 Å². The van der Waals surface area contributed by atoms with Gasteiger partial charge in [-0.25, -0.2) is 0 Å². The van der Waals surface area contributed by atoms with Crippen LogP contribution in [-0.2, 0) is 28.4 Å². The number of hydrogen-bond donors (Lipinski definition) is 2. The Morgan fingerprint density at radius 1 is 1.50 bits per heavy atom. The zero-order valence-corrected chi connectivity index (χ0v) is 6.90. The van der Waals surface area contributed by atoms with E-state index in [9.17, 15) is 0 Å². The molecule has 0 aliphatic rings. The molecule has 0 aliphatic carbocycles. The summed E-state index contributed by atoms with van der Waals surface area (Å²) in [5.74, 6) is 0.